The van der Waals surface area contributed by atoms with Gasteiger partial charge in [0.05, 0.1) is 12.4 Å². The van der Waals surface area contributed by atoms with Gasteiger partial charge in [-0.2, -0.15) is 0 Å². The summed E-state index contributed by atoms with van der Waals surface area (Å²) in [7, 11) is -3.02. The van der Waals surface area contributed by atoms with Crippen LogP contribution in [-0.2, 0) is 22.8 Å². The van der Waals surface area contributed by atoms with Crippen LogP contribution in [0.25, 0.3) is 0 Å². The molecule has 0 fully saturated rings. The summed E-state index contributed by atoms with van der Waals surface area (Å²) in [6.07, 6.45) is 2.69. The van der Waals surface area contributed by atoms with Crippen molar-refractivity contribution in [2.24, 2.45) is 10.7 Å². The van der Waals surface area contributed by atoms with E-state index in [-0.39, 0.29) is 5.75 Å². The Morgan fingerprint density at radius 3 is 3.00 bits per heavy atom. The number of benzene rings is 1. The number of nitrogens with one attached hydrogen (secondary N) is 1. The molecule has 0 bridgehead atoms. The fourth-order valence-corrected chi connectivity index (χ4v) is 5.04. The van der Waals surface area contributed by atoms with E-state index in [1.807, 2.05) is 4.57 Å². The third-order valence-electron chi connectivity index (χ3n) is 4.76. The zero-order valence-corrected chi connectivity index (χ0v) is 17.5. The summed E-state index contributed by atoms with van der Waals surface area (Å²) in [6.45, 7) is 3.70. The Morgan fingerprint density at radius 1 is 1.39 bits per heavy atom. The van der Waals surface area contributed by atoms with Crippen LogP contribution < -0.4 is 15.8 Å². The summed E-state index contributed by atoms with van der Waals surface area (Å²) in [5.41, 5.74) is 9.04. The number of ether oxygens (including phenoxy) is 1. The molecule has 10 heteroatoms. The maximum absolute atomic E-state index is 11.5. The molecule has 0 atom stereocenters. The smallest absolute Gasteiger partial charge is 0.175 e. The van der Waals surface area contributed by atoms with E-state index in [4.69, 9.17) is 15.5 Å². The second kappa shape index (κ2) is 7.32. The van der Waals surface area contributed by atoms with Crippen molar-refractivity contribution in [2.45, 2.75) is 36.4 Å². The molecule has 1 aromatic heterocycles. The van der Waals surface area contributed by atoms with Crippen LogP contribution in [0.3, 0.4) is 0 Å². The molecule has 2 aromatic rings. The molecule has 0 radical (unpaired) electrons. The Balaban J connectivity index is 1.67. The van der Waals surface area contributed by atoms with Crippen LogP contribution in [0.5, 0.6) is 5.75 Å². The normalized spacial score (nSPS) is 15.4. The van der Waals surface area contributed by atoms with Gasteiger partial charge in [0.1, 0.15) is 39.6 Å². The number of nitrogens with two attached hydrogens (primary N) is 1. The molecule has 0 saturated heterocycles. The van der Waals surface area contributed by atoms with Crippen molar-refractivity contribution in [3.05, 3.63) is 29.0 Å². The average molecular weight is 422 g/mol. The fraction of sp³-hybridized carbons (Fsp3) is 0.444. The Labute approximate surface area is 168 Å². The van der Waals surface area contributed by atoms with Gasteiger partial charge in [0, 0.05) is 24.1 Å². The quantitative estimate of drug-likeness (QED) is 0.731. The predicted octanol–water partition coefficient (Wildman–Crippen LogP) is 1.80. The van der Waals surface area contributed by atoms with Crippen LogP contribution in [0.2, 0.25) is 0 Å². The van der Waals surface area contributed by atoms with Gasteiger partial charge in [-0.3, -0.25) is 0 Å². The van der Waals surface area contributed by atoms with Crippen LogP contribution in [0, 0.1) is 6.92 Å². The number of anilines is 1. The van der Waals surface area contributed by atoms with Crippen molar-refractivity contribution in [2.75, 3.05) is 30.6 Å². The van der Waals surface area contributed by atoms with E-state index in [1.165, 1.54) is 23.6 Å². The first kappa shape index (κ1) is 19.1. The summed E-state index contributed by atoms with van der Waals surface area (Å²) in [4.78, 5) is 9.95. The summed E-state index contributed by atoms with van der Waals surface area (Å²) in [5.74, 6) is 2.23. The molecule has 3 heterocycles. The highest BCUT2D eigenvalue weighted by Gasteiger charge is 2.24. The number of aliphatic imine (C=N–C) groups is 1. The lowest BCUT2D eigenvalue weighted by Gasteiger charge is -2.16. The van der Waals surface area contributed by atoms with Crippen molar-refractivity contribution in [3.63, 3.8) is 0 Å². The van der Waals surface area contributed by atoms with Gasteiger partial charge >= 0.3 is 0 Å². The highest BCUT2D eigenvalue weighted by Crippen LogP contribution is 2.38. The SMILES string of the molecule is Cc1cc2c(cc1Sc1nc3c(n1CCCS(C)(=O)=O)NCN=C3N)OCC2. The molecule has 150 valence electrons. The number of amidine groups is 1. The lowest BCUT2D eigenvalue weighted by atomic mass is 10.1. The van der Waals surface area contributed by atoms with E-state index < -0.39 is 9.84 Å². The van der Waals surface area contributed by atoms with E-state index in [0.717, 1.165) is 33.6 Å². The number of imidazole rings is 1. The molecule has 0 unspecified atom stereocenters. The molecule has 0 saturated carbocycles. The maximum Gasteiger partial charge on any atom is 0.175 e. The average Bonchev–Trinajstić information content (AvgIpc) is 3.20. The molecule has 1 aromatic carbocycles. The fourth-order valence-electron chi connectivity index (χ4n) is 3.37. The van der Waals surface area contributed by atoms with Gasteiger partial charge in [0.2, 0.25) is 0 Å². The highest BCUT2D eigenvalue weighted by molar-refractivity contribution is 7.99. The standard InChI is InChI=1S/C18H23N5O3S2/c1-11-8-12-4-6-26-13(12)9-14(11)27-18-22-15-16(19)20-10-21-17(15)23(18)5-3-7-28(2,24)25/h8-9,21H,3-7,10H2,1-2H3,(H2,19,20). The molecular formula is C18H23N5O3S2. The minimum absolute atomic E-state index is 0.124. The molecule has 8 nitrogen and oxygen atoms in total. The Kier molecular flexibility index (Phi) is 5.00. The van der Waals surface area contributed by atoms with Gasteiger partial charge in [-0.25, -0.2) is 18.4 Å². The number of aryl methyl sites for hydroxylation is 1. The maximum atomic E-state index is 11.5. The molecule has 3 N–H and O–H groups in total. The lowest BCUT2D eigenvalue weighted by Crippen LogP contribution is -2.23. The zero-order chi connectivity index (χ0) is 19.9. The molecule has 0 spiro atoms. The van der Waals surface area contributed by atoms with Crippen LogP contribution in [0.15, 0.2) is 27.2 Å². The largest absolute Gasteiger partial charge is 0.493 e. The van der Waals surface area contributed by atoms with Crippen molar-refractivity contribution in [1.29, 1.82) is 0 Å². The van der Waals surface area contributed by atoms with E-state index in [1.54, 1.807) is 0 Å². The van der Waals surface area contributed by atoms with Gasteiger partial charge in [0.15, 0.2) is 5.16 Å². The second-order valence-corrected chi connectivity index (χ2v) is 10.3. The molecule has 0 amide bonds. The van der Waals surface area contributed by atoms with Crippen LogP contribution in [0.1, 0.15) is 23.2 Å². The predicted molar refractivity (Wildman–Crippen MR) is 110 cm³/mol. The van der Waals surface area contributed by atoms with E-state index in [9.17, 15) is 8.42 Å². The van der Waals surface area contributed by atoms with Crippen molar-refractivity contribution in [1.82, 2.24) is 9.55 Å². The number of fused-ring (bicyclic) bond motifs is 2. The van der Waals surface area contributed by atoms with Crippen LogP contribution in [-0.4, -0.2) is 49.1 Å². The number of nitrogens with zero attached hydrogens (tertiary/aromatic N) is 3. The molecule has 4 rings (SSSR count). The second-order valence-electron chi connectivity index (χ2n) is 7.03. The first-order valence-corrected chi connectivity index (χ1v) is 12.0. The number of aromatic nitrogens is 2. The first-order valence-electron chi connectivity index (χ1n) is 9.08. The van der Waals surface area contributed by atoms with Crippen LogP contribution in [0.4, 0.5) is 5.82 Å². The van der Waals surface area contributed by atoms with E-state index in [0.29, 0.717) is 37.8 Å². The topological polar surface area (TPSA) is 112 Å². The van der Waals surface area contributed by atoms with Gasteiger partial charge in [0.25, 0.3) is 0 Å². The molecule has 2 aliphatic rings. The summed E-state index contributed by atoms with van der Waals surface area (Å²) in [5, 5.41) is 3.97. The Bertz CT molecular complexity index is 1060. The van der Waals surface area contributed by atoms with Gasteiger partial charge in [-0.1, -0.05) is 17.8 Å². The number of hydrogen-bond acceptors (Lipinski definition) is 8. The molecule has 28 heavy (non-hydrogen) atoms. The molecular weight excluding hydrogens is 398 g/mol. The van der Waals surface area contributed by atoms with Gasteiger partial charge < -0.3 is 20.4 Å². The van der Waals surface area contributed by atoms with Crippen molar-refractivity contribution < 1.29 is 13.2 Å². The summed E-state index contributed by atoms with van der Waals surface area (Å²) < 4.78 is 30.8. The minimum atomic E-state index is -3.02. The molecule has 2 aliphatic heterocycles. The summed E-state index contributed by atoms with van der Waals surface area (Å²) >= 11 is 1.53. The number of hydrogen-bond donors (Lipinski definition) is 2. The Morgan fingerprint density at radius 2 is 2.21 bits per heavy atom. The number of sulfone groups is 1. The summed E-state index contributed by atoms with van der Waals surface area (Å²) in [6, 6.07) is 4.22. The van der Waals surface area contributed by atoms with Crippen molar-refractivity contribution >= 4 is 33.3 Å². The highest BCUT2D eigenvalue weighted by atomic mass is 32.2. The molecule has 0 aliphatic carbocycles. The first-order chi connectivity index (χ1) is 13.3. The zero-order valence-electron chi connectivity index (χ0n) is 15.9. The lowest BCUT2D eigenvalue weighted by molar-refractivity contribution is 0.356. The van der Waals surface area contributed by atoms with E-state index >= 15 is 0 Å². The van der Waals surface area contributed by atoms with Crippen molar-refractivity contribution in [3.8, 4) is 5.75 Å². The van der Waals surface area contributed by atoms with Gasteiger partial charge in [-0.15, -0.1) is 0 Å². The Hall–Kier alpha value is -2.20. The van der Waals surface area contributed by atoms with Crippen LogP contribution >= 0.6 is 11.8 Å². The number of rotatable bonds is 6. The van der Waals surface area contributed by atoms with Gasteiger partial charge in [-0.05, 0) is 30.5 Å². The minimum Gasteiger partial charge on any atom is -0.493 e. The third kappa shape index (κ3) is 3.83. The third-order valence-corrected chi connectivity index (χ3v) is 6.94. The van der Waals surface area contributed by atoms with E-state index in [2.05, 4.69) is 29.4 Å². The monoisotopic (exact) mass is 421 g/mol.